The third kappa shape index (κ3) is 3.99. The van der Waals surface area contributed by atoms with Gasteiger partial charge in [-0.25, -0.2) is 0 Å². The van der Waals surface area contributed by atoms with Crippen LogP contribution >= 0.6 is 0 Å². The third-order valence-electron chi connectivity index (χ3n) is 11.0. The highest BCUT2D eigenvalue weighted by Crippen LogP contribution is 2.64. The topological polar surface area (TPSA) is 50.8 Å². The van der Waals surface area contributed by atoms with Crippen molar-refractivity contribution in [2.24, 2.45) is 0 Å². The fourth-order valence-corrected chi connectivity index (χ4v) is 8.84. The van der Waals surface area contributed by atoms with Crippen LogP contribution in [0.3, 0.4) is 0 Å². The van der Waals surface area contributed by atoms with Crippen LogP contribution in [0.2, 0.25) is 0 Å². The summed E-state index contributed by atoms with van der Waals surface area (Å²) in [5.41, 5.74) is 14.4. The van der Waals surface area contributed by atoms with E-state index in [9.17, 15) is 10.5 Å². The van der Waals surface area contributed by atoms with E-state index in [4.69, 9.17) is 0 Å². The molecule has 0 atom stereocenters. The van der Waals surface area contributed by atoms with Gasteiger partial charge in [-0.15, -0.1) is 0 Å². The number of hydrogen-bond donors (Lipinski definition) is 0. The normalized spacial score (nSPS) is 23.7. The summed E-state index contributed by atoms with van der Waals surface area (Å²) >= 11 is 0. The number of nitriles is 2. The second-order valence-electron chi connectivity index (χ2n) is 13.3. The number of hydrogen-bond acceptors (Lipinski definition) is 3. The van der Waals surface area contributed by atoms with Gasteiger partial charge in [0.15, 0.2) is 0 Å². The van der Waals surface area contributed by atoms with E-state index in [2.05, 4.69) is 71.6 Å². The fourth-order valence-electron chi connectivity index (χ4n) is 8.84. The zero-order chi connectivity index (χ0) is 28.3. The Labute approximate surface area is 249 Å². The highest BCUT2D eigenvalue weighted by atomic mass is 15.1. The monoisotopic (exact) mass is 545 g/mol. The van der Waals surface area contributed by atoms with Crippen LogP contribution in [0, 0.1) is 22.7 Å². The average molecular weight is 546 g/mol. The molecule has 0 spiro atoms. The molecule has 2 fully saturated rings. The molecule has 0 radical (unpaired) electrons. The molecule has 42 heavy (non-hydrogen) atoms. The van der Waals surface area contributed by atoms with E-state index in [1.165, 1.54) is 87.6 Å². The van der Waals surface area contributed by atoms with Crippen molar-refractivity contribution in [1.29, 1.82) is 10.5 Å². The SMILES string of the molecule is N#Cc1ccc(-c2cc(-c3ccc(C#N)cc3)cc(C34CCC(c5cc6c7c(c5)CCCN7CCC6)(CC3)C4)c2)cc1. The number of rotatable bonds is 4. The van der Waals surface area contributed by atoms with Gasteiger partial charge in [-0.2, -0.15) is 10.5 Å². The molecule has 2 saturated carbocycles. The van der Waals surface area contributed by atoms with Crippen molar-refractivity contribution in [2.45, 2.75) is 68.6 Å². The van der Waals surface area contributed by atoms with Crippen LogP contribution in [0.5, 0.6) is 0 Å². The fraction of sp³-hybridized carbons (Fsp3) is 0.333. The van der Waals surface area contributed by atoms with Gasteiger partial charge in [0.05, 0.1) is 23.3 Å². The molecule has 4 aromatic carbocycles. The Morgan fingerprint density at radius 1 is 0.548 bits per heavy atom. The molecule has 206 valence electrons. The molecule has 0 aromatic heterocycles. The van der Waals surface area contributed by atoms with Crippen molar-refractivity contribution in [3.63, 3.8) is 0 Å². The molecule has 0 amide bonds. The van der Waals surface area contributed by atoms with Crippen molar-refractivity contribution in [3.8, 4) is 34.4 Å². The largest absolute Gasteiger partial charge is 0.371 e. The smallest absolute Gasteiger partial charge is 0.0991 e. The van der Waals surface area contributed by atoms with Gasteiger partial charge in [0, 0.05) is 18.8 Å². The number of aryl methyl sites for hydroxylation is 2. The maximum atomic E-state index is 9.35. The molecule has 0 unspecified atom stereocenters. The minimum atomic E-state index is 0.184. The quantitative estimate of drug-likeness (QED) is 0.258. The van der Waals surface area contributed by atoms with Crippen LogP contribution < -0.4 is 4.90 Å². The molecule has 4 aliphatic rings. The van der Waals surface area contributed by atoms with E-state index < -0.39 is 0 Å². The van der Waals surface area contributed by atoms with Gasteiger partial charge in [-0.1, -0.05) is 48.5 Å². The van der Waals surface area contributed by atoms with E-state index in [1.807, 2.05) is 24.3 Å². The maximum Gasteiger partial charge on any atom is 0.0991 e. The van der Waals surface area contributed by atoms with Gasteiger partial charge < -0.3 is 4.90 Å². The first-order valence-corrected chi connectivity index (χ1v) is 15.7. The standard InChI is InChI=1S/C39H35N3/c40-24-27-5-9-29(10-6-27)33-19-34(30-11-7-28(25-41)8-12-30)23-36(22-33)39-15-13-38(26-39,14-16-39)35-20-31-3-1-17-42-18-2-4-32(21-35)37(31)42/h5-12,19-23H,1-4,13-18,26H2. The number of benzene rings is 4. The van der Waals surface area contributed by atoms with Gasteiger partial charge in [-0.3, -0.25) is 0 Å². The highest BCUT2D eigenvalue weighted by Gasteiger charge is 2.55. The molecule has 8 rings (SSSR count). The lowest BCUT2D eigenvalue weighted by Gasteiger charge is -2.39. The predicted octanol–water partition coefficient (Wildman–Crippen LogP) is 8.62. The number of fused-ring (bicyclic) bond motifs is 2. The van der Waals surface area contributed by atoms with Gasteiger partial charge in [0.25, 0.3) is 0 Å². The molecule has 2 aliphatic carbocycles. The summed E-state index contributed by atoms with van der Waals surface area (Å²) in [6.45, 7) is 2.45. The predicted molar refractivity (Wildman–Crippen MR) is 168 cm³/mol. The van der Waals surface area contributed by atoms with E-state index in [1.54, 1.807) is 22.4 Å². The minimum absolute atomic E-state index is 0.184. The molecule has 2 bridgehead atoms. The molecular formula is C39H35N3. The van der Waals surface area contributed by atoms with E-state index in [-0.39, 0.29) is 10.8 Å². The lowest BCUT2D eigenvalue weighted by molar-refractivity contribution is 0.394. The first-order valence-electron chi connectivity index (χ1n) is 15.7. The summed E-state index contributed by atoms with van der Waals surface area (Å²) in [4.78, 5) is 2.66. The number of anilines is 1. The minimum Gasteiger partial charge on any atom is -0.371 e. The Morgan fingerprint density at radius 3 is 1.45 bits per heavy atom. The van der Waals surface area contributed by atoms with Crippen molar-refractivity contribution >= 4 is 5.69 Å². The van der Waals surface area contributed by atoms with Crippen LogP contribution in [0.1, 0.15) is 78.3 Å². The zero-order valence-electron chi connectivity index (χ0n) is 24.1. The summed E-state index contributed by atoms with van der Waals surface area (Å²) in [6.07, 6.45) is 11.3. The van der Waals surface area contributed by atoms with Crippen LogP contribution in [0.4, 0.5) is 5.69 Å². The lowest BCUT2D eigenvalue weighted by atomic mass is 9.74. The molecule has 2 heterocycles. The molecular weight excluding hydrogens is 510 g/mol. The van der Waals surface area contributed by atoms with Crippen molar-refractivity contribution in [2.75, 3.05) is 18.0 Å². The molecule has 4 aromatic rings. The zero-order valence-corrected chi connectivity index (χ0v) is 24.1. The van der Waals surface area contributed by atoms with Crippen molar-refractivity contribution in [1.82, 2.24) is 0 Å². The second-order valence-corrected chi connectivity index (χ2v) is 13.3. The van der Waals surface area contributed by atoms with Crippen LogP contribution in [-0.2, 0) is 23.7 Å². The van der Waals surface area contributed by atoms with Crippen LogP contribution in [-0.4, -0.2) is 13.1 Å². The van der Waals surface area contributed by atoms with Crippen molar-refractivity contribution < 1.29 is 0 Å². The molecule has 0 N–H and O–H groups in total. The van der Waals surface area contributed by atoms with Gasteiger partial charge in [0.2, 0.25) is 0 Å². The molecule has 3 heteroatoms. The van der Waals surface area contributed by atoms with Crippen LogP contribution in [0.15, 0.2) is 78.9 Å². The van der Waals surface area contributed by atoms with E-state index in [0.29, 0.717) is 11.1 Å². The van der Waals surface area contributed by atoms with E-state index in [0.717, 1.165) is 11.1 Å². The van der Waals surface area contributed by atoms with E-state index >= 15 is 0 Å². The van der Waals surface area contributed by atoms with Crippen LogP contribution in [0.25, 0.3) is 22.3 Å². The summed E-state index contributed by atoms with van der Waals surface area (Å²) in [6, 6.07) is 32.9. The Hall–Kier alpha value is -4.34. The summed E-state index contributed by atoms with van der Waals surface area (Å²) in [7, 11) is 0. The lowest BCUT2D eigenvalue weighted by Crippen LogP contribution is -2.35. The maximum absolute atomic E-state index is 9.35. The Morgan fingerprint density at radius 2 is 1.00 bits per heavy atom. The van der Waals surface area contributed by atoms with Gasteiger partial charge >= 0.3 is 0 Å². The average Bonchev–Trinajstić information content (AvgIpc) is 3.65. The molecule has 2 aliphatic heterocycles. The van der Waals surface area contributed by atoms with Gasteiger partial charge in [-0.05, 0) is 143 Å². The Kier molecular flexibility index (Phi) is 5.80. The Balaban J connectivity index is 1.20. The second kappa shape index (κ2) is 9.61. The van der Waals surface area contributed by atoms with Gasteiger partial charge in [0.1, 0.15) is 0 Å². The summed E-state index contributed by atoms with van der Waals surface area (Å²) in [5, 5.41) is 18.7. The summed E-state index contributed by atoms with van der Waals surface area (Å²) < 4.78 is 0. The summed E-state index contributed by atoms with van der Waals surface area (Å²) in [5.74, 6) is 0. The molecule has 3 nitrogen and oxygen atoms in total. The first-order chi connectivity index (χ1) is 20.6. The Bertz CT molecular complexity index is 1670. The first kappa shape index (κ1) is 25.4. The number of nitrogens with zero attached hydrogens (tertiary/aromatic N) is 3. The van der Waals surface area contributed by atoms with Crippen molar-refractivity contribution in [3.05, 3.63) is 112 Å². The highest BCUT2D eigenvalue weighted by molar-refractivity contribution is 5.75. The third-order valence-corrected chi connectivity index (χ3v) is 11.0. The molecule has 0 saturated heterocycles.